The van der Waals surface area contributed by atoms with Crippen molar-refractivity contribution in [2.75, 3.05) is 18.4 Å². The monoisotopic (exact) mass is 361 g/mol. The average molecular weight is 361 g/mol. The first-order valence-electron chi connectivity index (χ1n) is 8.14. The van der Waals surface area contributed by atoms with Gasteiger partial charge >= 0.3 is 0 Å². The van der Waals surface area contributed by atoms with Gasteiger partial charge in [0.15, 0.2) is 0 Å². The van der Waals surface area contributed by atoms with Crippen molar-refractivity contribution in [2.24, 2.45) is 0 Å². The van der Waals surface area contributed by atoms with Crippen molar-refractivity contribution in [1.82, 2.24) is 9.29 Å². The lowest BCUT2D eigenvalue weighted by Crippen LogP contribution is -2.30. The van der Waals surface area contributed by atoms with Crippen molar-refractivity contribution in [1.29, 1.82) is 0 Å². The molecule has 134 valence electrons. The molecule has 1 aromatic carbocycles. The number of amides is 1. The maximum atomic E-state index is 12.7. The molecule has 1 amide bonds. The van der Waals surface area contributed by atoms with Gasteiger partial charge in [-0.05, 0) is 43.2 Å². The van der Waals surface area contributed by atoms with Crippen LogP contribution in [0, 0.1) is 13.8 Å². The molecule has 6 nitrogen and oxygen atoms in total. The zero-order valence-electron chi connectivity index (χ0n) is 14.9. The quantitative estimate of drug-likeness (QED) is 0.858. The number of sulfonamides is 1. The third kappa shape index (κ3) is 4.24. The number of pyridine rings is 1. The number of aryl methyl sites for hydroxylation is 2. The highest BCUT2D eigenvalue weighted by molar-refractivity contribution is 7.89. The van der Waals surface area contributed by atoms with E-state index in [-0.39, 0.29) is 10.8 Å². The number of carbonyl (C=O) groups excluding carboxylic acids is 1. The summed E-state index contributed by atoms with van der Waals surface area (Å²) in [6.07, 6.45) is 1.66. The Morgan fingerprint density at radius 2 is 1.80 bits per heavy atom. The van der Waals surface area contributed by atoms with E-state index >= 15 is 0 Å². The summed E-state index contributed by atoms with van der Waals surface area (Å²) in [6, 6.07) is 8.15. The second-order valence-electron chi connectivity index (χ2n) is 5.74. The molecule has 25 heavy (non-hydrogen) atoms. The number of aromatic nitrogens is 1. The fourth-order valence-corrected chi connectivity index (χ4v) is 3.93. The predicted molar refractivity (Wildman–Crippen MR) is 98.2 cm³/mol. The minimum Gasteiger partial charge on any atom is -0.307 e. The molecule has 0 unspecified atom stereocenters. The van der Waals surface area contributed by atoms with E-state index in [0.717, 1.165) is 5.56 Å². The molecule has 0 saturated carbocycles. The van der Waals surface area contributed by atoms with Crippen LogP contribution in [0.25, 0.3) is 0 Å². The predicted octanol–water partition coefficient (Wildman–Crippen LogP) is 2.98. The van der Waals surface area contributed by atoms with E-state index in [4.69, 9.17) is 0 Å². The van der Waals surface area contributed by atoms with Crippen LogP contribution >= 0.6 is 0 Å². The SMILES string of the molecule is CCN(CC)S(=O)(=O)c1ccc(C)c(C(=O)Nc2ccc(C)cn2)c1. The fourth-order valence-electron chi connectivity index (χ4n) is 2.44. The normalized spacial score (nSPS) is 11.6. The summed E-state index contributed by atoms with van der Waals surface area (Å²) in [6.45, 7) is 8.00. The van der Waals surface area contributed by atoms with Crippen LogP contribution in [0.5, 0.6) is 0 Å². The standard InChI is InChI=1S/C18H23N3O3S/c1-5-21(6-2)25(23,24)15-9-8-14(4)16(11-15)18(22)20-17-10-7-13(3)12-19-17/h7-12H,5-6H2,1-4H3,(H,19,20,22). The van der Waals surface area contributed by atoms with Crippen molar-refractivity contribution in [3.05, 3.63) is 53.2 Å². The maximum Gasteiger partial charge on any atom is 0.257 e. The highest BCUT2D eigenvalue weighted by Gasteiger charge is 2.23. The summed E-state index contributed by atoms with van der Waals surface area (Å²) in [4.78, 5) is 16.8. The summed E-state index contributed by atoms with van der Waals surface area (Å²) in [7, 11) is -3.61. The highest BCUT2D eigenvalue weighted by Crippen LogP contribution is 2.20. The number of hydrogen-bond donors (Lipinski definition) is 1. The molecule has 0 atom stereocenters. The Kier molecular flexibility index (Phi) is 5.92. The van der Waals surface area contributed by atoms with E-state index in [9.17, 15) is 13.2 Å². The fraction of sp³-hybridized carbons (Fsp3) is 0.333. The van der Waals surface area contributed by atoms with Gasteiger partial charge in [-0.3, -0.25) is 4.79 Å². The summed E-state index contributed by atoms with van der Waals surface area (Å²) in [5, 5.41) is 2.70. The van der Waals surface area contributed by atoms with E-state index in [1.165, 1.54) is 16.4 Å². The van der Waals surface area contributed by atoms with Crippen molar-refractivity contribution < 1.29 is 13.2 Å². The molecule has 0 spiro atoms. The van der Waals surface area contributed by atoms with Crippen molar-refractivity contribution in [3.63, 3.8) is 0 Å². The lowest BCUT2D eigenvalue weighted by atomic mass is 10.1. The van der Waals surface area contributed by atoms with E-state index < -0.39 is 10.0 Å². The van der Waals surface area contributed by atoms with Gasteiger partial charge in [-0.2, -0.15) is 4.31 Å². The van der Waals surface area contributed by atoms with Gasteiger partial charge in [0.2, 0.25) is 10.0 Å². The number of nitrogens with one attached hydrogen (secondary N) is 1. The first-order valence-corrected chi connectivity index (χ1v) is 9.58. The number of rotatable bonds is 6. The molecule has 0 fully saturated rings. The molecule has 0 bridgehead atoms. The summed E-state index contributed by atoms with van der Waals surface area (Å²) >= 11 is 0. The lowest BCUT2D eigenvalue weighted by molar-refractivity contribution is 0.102. The van der Waals surface area contributed by atoms with Gasteiger partial charge in [0.05, 0.1) is 4.90 Å². The Labute approximate surface area is 148 Å². The smallest absolute Gasteiger partial charge is 0.257 e. The molecule has 7 heteroatoms. The molecular formula is C18H23N3O3S. The van der Waals surface area contributed by atoms with Crippen LogP contribution in [0.1, 0.15) is 35.3 Å². The average Bonchev–Trinajstić information content (AvgIpc) is 2.58. The number of hydrogen-bond acceptors (Lipinski definition) is 4. The van der Waals surface area contributed by atoms with Crippen LogP contribution in [0.2, 0.25) is 0 Å². The number of carbonyl (C=O) groups is 1. The molecule has 1 heterocycles. The van der Waals surface area contributed by atoms with Gasteiger partial charge in [0.25, 0.3) is 5.91 Å². The Balaban J connectivity index is 2.35. The molecule has 0 saturated heterocycles. The van der Waals surface area contributed by atoms with Crippen molar-refractivity contribution in [2.45, 2.75) is 32.6 Å². The number of anilines is 1. The first-order chi connectivity index (χ1) is 11.8. The Morgan fingerprint density at radius 3 is 2.36 bits per heavy atom. The van der Waals surface area contributed by atoms with Gasteiger partial charge in [-0.15, -0.1) is 0 Å². The molecule has 1 N–H and O–H groups in total. The first kappa shape index (κ1) is 19.1. The van der Waals surface area contributed by atoms with Gasteiger partial charge < -0.3 is 5.32 Å². The minimum absolute atomic E-state index is 0.115. The van der Waals surface area contributed by atoms with Crippen molar-refractivity contribution >= 4 is 21.7 Å². The second kappa shape index (κ2) is 7.76. The highest BCUT2D eigenvalue weighted by atomic mass is 32.2. The Hall–Kier alpha value is -2.25. The maximum absolute atomic E-state index is 12.7. The summed E-state index contributed by atoms with van der Waals surface area (Å²) < 4.78 is 26.7. The van der Waals surface area contributed by atoms with E-state index in [1.54, 1.807) is 39.1 Å². The minimum atomic E-state index is -3.61. The third-order valence-electron chi connectivity index (χ3n) is 3.95. The summed E-state index contributed by atoms with van der Waals surface area (Å²) in [5.74, 6) is 0.0393. The second-order valence-corrected chi connectivity index (χ2v) is 7.68. The van der Waals surface area contributed by atoms with Gasteiger partial charge in [0, 0.05) is 24.8 Å². The lowest BCUT2D eigenvalue weighted by Gasteiger charge is -2.19. The number of benzene rings is 1. The largest absolute Gasteiger partial charge is 0.307 e. The van der Waals surface area contributed by atoms with E-state index in [0.29, 0.717) is 30.0 Å². The van der Waals surface area contributed by atoms with Crippen LogP contribution in [-0.4, -0.2) is 36.7 Å². The molecule has 1 aromatic heterocycles. The van der Waals surface area contributed by atoms with Crippen LogP contribution in [-0.2, 0) is 10.0 Å². The zero-order valence-corrected chi connectivity index (χ0v) is 15.7. The topological polar surface area (TPSA) is 79.4 Å². The van der Waals surface area contributed by atoms with Crippen molar-refractivity contribution in [3.8, 4) is 0 Å². The number of nitrogens with zero attached hydrogens (tertiary/aromatic N) is 2. The van der Waals surface area contributed by atoms with Crippen LogP contribution in [0.15, 0.2) is 41.4 Å². The van der Waals surface area contributed by atoms with E-state index in [1.807, 2.05) is 13.0 Å². The molecular weight excluding hydrogens is 338 g/mol. The molecule has 0 aliphatic heterocycles. The van der Waals surface area contributed by atoms with Gasteiger partial charge in [0.1, 0.15) is 5.82 Å². The van der Waals surface area contributed by atoms with Crippen LogP contribution < -0.4 is 5.32 Å². The van der Waals surface area contributed by atoms with E-state index in [2.05, 4.69) is 10.3 Å². The van der Waals surface area contributed by atoms with Crippen LogP contribution in [0.3, 0.4) is 0 Å². The molecule has 0 aliphatic rings. The van der Waals surface area contributed by atoms with Gasteiger partial charge in [-0.25, -0.2) is 13.4 Å². The molecule has 0 aliphatic carbocycles. The molecule has 0 radical (unpaired) electrons. The third-order valence-corrected chi connectivity index (χ3v) is 6.00. The Bertz CT molecular complexity index is 858. The van der Waals surface area contributed by atoms with Crippen LogP contribution in [0.4, 0.5) is 5.82 Å². The Morgan fingerprint density at radius 1 is 1.12 bits per heavy atom. The summed E-state index contributed by atoms with van der Waals surface area (Å²) in [5.41, 5.74) is 2.00. The van der Waals surface area contributed by atoms with Gasteiger partial charge in [-0.1, -0.05) is 26.0 Å². The molecule has 2 aromatic rings. The zero-order chi connectivity index (χ0) is 18.6. The molecule has 2 rings (SSSR count).